The van der Waals surface area contributed by atoms with E-state index in [1.807, 2.05) is 6.92 Å². The second-order valence-corrected chi connectivity index (χ2v) is 6.42. The molecule has 0 saturated heterocycles. The number of benzene rings is 1. The van der Waals surface area contributed by atoms with E-state index in [0.29, 0.717) is 21.4 Å². The number of anilines is 2. The van der Waals surface area contributed by atoms with E-state index in [9.17, 15) is 8.42 Å². The molecule has 0 aliphatic carbocycles. The molecule has 0 atom stereocenters. The molecule has 0 bridgehead atoms. The third-order valence-corrected chi connectivity index (χ3v) is 3.70. The van der Waals surface area contributed by atoms with E-state index >= 15 is 0 Å². The van der Waals surface area contributed by atoms with Crippen LogP contribution in [0, 0.1) is 0 Å². The average molecular weight is 262 g/mol. The summed E-state index contributed by atoms with van der Waals surface area (Å²) in [6.07, 6.45) is 0.963. The van der Waals surface area contributed by atoms with Crippen LogP contribution in [0.25, 0.3) is 0 Å². The highest BCUT2D eigenvalue weighted by Crippen LogP contribution is 2.31. The van der Waals surface area contributed by atoms with Gasteiger partial charge in [-0.05, 0) is 24.6 Å². The summed E-state index contributed by atoms with van der Waals surface area (Å²) in [6.45, 7) is 2.82. The van der Waals surface area contributed by atoms with Gasteiger partial charge in [-0.15, -0.1) is 0 Å². The quantitative estimate of drug-likeness (QED) is 0.427. The molecule has 90 valence electrons. The van der Waals surface area contributed by atoms with Gasteiger partial charge in [0.05, 0.1) is 4.90 Å². The summed E-state index contributed by atoms with van der Waals surface area (Å²) >= 11 is 0. The van der Waals surface area contributed by atoms with Crippen molar-refractivity contribution in [3.63, 3.8) is 0 Å². The molecular formula is C9H14N2O3S2. The summed E-state index contributed by atoms with van der Waals surface area (Å²) in [5.41, 5.74) is 6.70. The predicted octanol–water partition coefficient (Wildman–Crippen LogP) is 1.99. The Bertz CT molecular complexity index is 460. The van der Waals surface area contributed by atoms with Gasteiger partial charge in [0.1, 0.15) is 0 Å². The second kappa shape index (κ2) is 5.42. The van der Waals surface area contributed by atoms with Gasteiger partial charge in [-0.1, -0.05) is 6.92 Å². The molecule has 0 aliphatic heterocycles. The SMILES string of the molecule is CCCNc1ccc(N)c(SS(=O)(=O)O)c1. The van der Waals surface area contributed by atoms with Gasteiger partial charge in [-0.25, -0.2) is 0 Å². The second-order valence-electron chi connectivity index (χ2n) is 3.19. The van der Waals surface area contributed by atoms with Gasteiger partial charge in [0.15, 0.2) is 0 Å². The first-order chi connectivity index (χ1) is 7.42. The summed E-state index contributed by atoms with van der Waals surface area (Å²) in [6, 6.07) is 4.97. The maximum atomic E-state index is 10.7. The Balaban J connectivity index is 2.90. The largest absolute Gasteiger partial charge is 0.398 e. The minimum atomic E-state index is -4.13. The van der Waals surface area contributed by atoms with Crippen LogP contribution in [0.2, 0.25) is 0 Å². The van der Waals surface area contributed by atoms with Crippen LogP contribution in [0.1, 0.15) is 13.3 Å². The van der Waals surface area contributed by atoms with Gasteiger partial charge in [0, 0.05) is 28.7 Å². The molecule has 0 heterocycles. The highest BCUT2D eigenvalue weighted by molar-refractivity contribution is 8.70. The standard InChI is InChI=1S/C9H14N2O3S2/c1-2-5-11-7-3-4-8(10)9(6-7)15-16(12,13)14/h3-4,6,11H,2,5,10H2,1H3,(H,12,13,14). The third kappa shape index (κ3) is 4.30. The maximum Gasteiger partial charge on any atom is 0.324 e. The molecular weight excluding hydrogens is 248 g/mol. The summed E-state index contributed by atoms with van der Waals surface area (Å²) in [5, 5.41) is 3.10. The van der Waals surface area contributed by atoms with Crippen molar-refractivity contribution < 1.29 is 13.0 Å². The van der Waals surface area contributed by atoms with Gasteiger partial charge in [-0.2, -0.15) is 8.42 Å². The zero-order valence-corrected chi connectivity index (χ0v) is 10.4. The zero-order chi connectivity index (χ0) is 12.2. The van der Waals surface area contributed by atoms with Gasteiger partial charge in [-0.3, -0.25) is 4.55 Å². The molecule has 0 spiro atoms. The Labute approximate surface area is 98.6 Å². The minimum Gasteiger partial charge on any atom is -0.398 e. The Kier molecular flexibility index (Phi) is 4.45. The van der Waals surface area contributed by atoms with Crippen molar-refractivity contribution in [1.82, 2.24) is 0 Å². The first kappa shape index (κ1) is 13.1. The van der Waals surface area contributed by atoms with Gasteiger partial charge in [0.25, 0.3) is 0 Å². The molecule has 1 aromatic rings. The molecule has 1 aromatic carbocycles. The first-order valence-corrected chi connectivity index (χ1v) is 7.50. The molecule has 0 unspecified atom stereocenters. The summed E-state index contributed by atoms with van der Waals surface area (Å²) < 4.78 is 30.2. The van der Waals surface area contributed by atoms with E-state index in [1.54, 1.807) is 18.2 Å². The number of nitrogens with one attached hydrogen (secondary N) is 1. The highest BCUT2D eigenvalue weighted by atomic mass is 33.1. The van der Waals surface area contributed by atoms with Crippen LogP contribution in [-0.2, 0) is 9.15 Å². The van der Waals surface area contributed by atoms with Gasteiger partial charge in [0.2, 0.25) is 0 Å². The molecule has 0 aliphatic rings. The normalized spacial score (nSPS) is 11.4. The number of hydrogen-bond acceptors (Lipinski definition) is 5. The van der Waals surface area contributed by atoms with Crippen molar-refractivity contribution in [2.75, 3.05) is 17.6 Å². The number of rotatable bonds is 5. The zero-order valence-electron chi connectivity index (χ0n) is 8.80. The smallest absolute Gasteiger partial charge is 0.324 e. The van der Waals surface area contributed by atoms with Crippen molar-refractivity contribution in [3.05, 3.63) is 18.2 Å². The summed E-state index contributed by atoms with van der Waals surface area (Å²) in [7, 11) is -3.79. The molecule has 4 N–H and O–H groups in total. The Hall–Kier alpha value is -0.920. The topological polar surface area (TPSA) is 92.4 Å². The van der Waals surface area contributed by atoms with E-state index in [1.165, 1.54) is 0 Å². The third-order valence-electron chi connectivity index (χ3n) is 1.79. The number of nitrogens with two attached hydrogens (primary N) is 1. The van der Waals surface area contributed by atoms with E-state index in [2.05, 4.69) is 5.32 Å². The predicted molar refractivity (Wildman–Crippen MR) is 67.0 cm³/mol. The van der Waals surface area contributed by atoms with Crippen LogP contribution in [0.15, 0.2) is 23.1 Å². The lowest BCUT2D eigenvalue weighted by Crippen LogP contribution is -2.01. The van der Waals surface area contributed by atoms with Crippen molar-refractivity contribution >= 4 is 31.3 Å². The highest BCUT2D eigenvalue weighted by Gasteiger charge is 2.11. The minimum absolute atomic E-state index is 0.323. The Morgan fingerprint density at radius 3 is 2.75 bits per heavy atom. The van der Waals surface area contributed by atoms with Gasteiger partial charge < -0.3 is 11.1 Å². The average Bonchev–Trinajstić information content (AvgIpc) is 2.17. The molecule has 0 fully saturated rings. The van der Waals surface area contributed by atoms with Crippen molar-refractivity contribution in [2.24, 2.45) is 0 Å². The fourth-order valence-electron chi connectivity index (χ4n) is 1.10. The van der Waals surface area contributed by atoms with Crippen LogP contribution in [-0.4, -0.2) is 19.5 Å². The number of nitrogen functional groups attached to an aromatic ring is 1. The Morgan fingerprint density at radius 1 is 1.50 bits per heavy atom. The monoisotopic (exact) mass is 262 g/mol. The van der Waals surface area contributed by atoms with E-state index in [4.69, 9.17) is 10.3 Å². The van der Waals surface area contributed by atoms with Crippen molar-refractivity contribution in [1.29, 1.82) is 0 Å². The molecule has 5 nitrogen and oxygen atoms in total. The lowest BCUT2D eigenvalue weighted by Gasteiger charge is -2.08. The summed E-state index contributed by atoms with van der Waals surface area (Å²) in [5.74, 6) is 0. The molecule has 16 heavy (non-hydrogen) atoms. The van der Waals surface area contributed by atoms with E-state index in [0.717, 1.165) is 18.7 Å². The molecule has 0 radical (unpaired) electrons. The van der Waals surface area contributed by atoms with Crippen LogP contribution in [0.4, 0.5) is 11.4 Å². The van der Waals surface area contributed by atoms with Crippen molar-refractivity contribution in [2.45, 2.75) is 18.2 Å². The maximum absolute atomic E-state index is 10.7. The Morgan fingerprint density at radius 2 is 2.19 bits per heavy atom. The lowest BCUT2D eigenvalue weighted by atomic mass is 10.3. The molecule has 7 heteroatoms. The molecule has 0 amide bonds. The van der Waals surface area contributed by atoms with E-state index < -0.39 is 9.15 Å². The molecule has 0 aromatic heterocycles. The van der Waals surface area contributed by atoms with Crippen LogP contribution < -0.4 is 11.1 Å². The fourth-order valence-corrected chi connectivity index (χ4v) is 2.78. The lowest BCUT2D eigenvalue weighted by molar-refractivity contribution is 0.503. The summed E-state index contributed by atoms with van der Waals surface area (Å²) in [4.78, 5) is 0.323. The molecule has 1 rings (SSSR count). The van der Waals surface area contributed by atoms with Crippen LogP contribution in [0.5, 0.6) is 0 Å². The van der Waals surface area contributed by atoms with Crippen LogP contribution >= 0.6 is 10.8 Å². The number of hydrogen-bond donors (Lipinski definition) is 3. The van der Waals surface area contributed by atoms with Gasteiger partial charge >= 0.3 is 9.15 Å². The van der Waals surface area contributed by atoms with E-state index in [-0.39, 0.29) is 0 Å². The molecule has 0 saturated carbocycles. The fraction of sp³-hybridized carbons (Fsp3) is 0.333. The van der Waals surface area contributed by atoms with Crippen LogP contribution in [0.3, 0.4) is 0 Å². The van der Waals surface area contributed by atoms with Crippen molar-refractivity contribution in [3.8, 4) is 0 Å². The first-order valence-electron chi connectivity index (χ1n) is 4.72.